The molecule has 2 atom stereocenters. The number of benzene rings is 1. The van der Waals surface area contributed by atoms with Gasteiger partial charge >= 0.3 is 0 Å². The molecule has 86 valence electrons. The number of hydrogen-bond acceptors (Lipinski definition) is 4. The average molecular weight is 221 g/mol. The van der Waals surface area contributed by atoms with Gasteiger partial charge in [-0.05, 0) is 31.8 Å². The van der Waals surface area contributed by atoms with E-state index in [2.05, 4.69) is 19.0 Å². The van der Waals surface area contributed by atoms with Gasteiger partial charge in [0.1, 0.15) is 12.2 Å². The van der Waals surface area contributed by atoms with E-state index in [1.54, 1.807) is 0 Å². The molecule has 0 bridgehead atoms. The van der Waals surface area contributed by atoms with E-state index in [-0.39, 0.29) is 6.10 Å². The van der Waals surface area contributed by atoms with Gasteiger partial charge < -0.3 is 19.1 Å². The lowest BCUT2D eigenvalue weighted by molar-refractivity contribution is 0.174. The van der Waals surface area contributed by atoms with Crippen molar-refractivity contribution < 1.29 is 14.2 Å². The summed E-state index contributed by atoms with van der Waals surface area (Å²) in [5, 5.41) is 0. The van der Waals surface area contributed by atoms with Gasteiger partial charge in [-0.1, -0.05) is 6.07 Å². The molecule has 4 nitrogen and oxygen atoms in total. The van der Waals surface area contributed by atoms with E-state index >= 15 is 0 Å². The van der Waals surface area contributed by atoms with Crippen LogP contribution in [0.25, 0.3) is 0 Å². The Morgan fingerprint density at radius 3 is 2.88 bits per heavy atom. The molecule has 0 amide bonds. The molecular weight excluding hydrogens is 206 g/mol. The van der Waals surface area contributed by atoms with Gasteiger partial charge in [0.25, 0.3) is 0 Å². The number of epoxide rings is 1. The van der Waals surface area contributed by atoms with Crippen LogP contribution in [0.4, 0.5) is 0 Å². The first-order valence-electron chi connectivity index (χ1n) is 5.44. The first-order valence-corrected chi connectivity index (χ1v) is 5.44. The molecule has 1 aromatic rings. The summed E-state index contributed by atoms with van der Waals surface area (Å²) in [6, 6.07) is 6.02. The van der Waals surface area contributed by atoms with E-state index in [1.807, 2.05) is 18.2 Å². The zero-order chi connectivity index (χ0) is 11.1. The van der Waals surface area contributed by atoms with Crippen molar-refractivity contribution in [2.75, 3.05) is 27.4 Å². The topological polar surface area (TPSA) is 34.2 Å². The van der Waals surface area contributed by atoms with Gasteiger partial charge in [-0.15, -0.1) is 0 Å². The Morgan fingerprint density at radius 2 is 2.06 bits per heavy atom. The molecule has 0 N–H and O–H groups in total. The lowest BCUT2D eigenvalue weighted by Gasteiger charge is -2.05. The number of rotatable bonds is 3. The van der Waals surface area contributed by atoms with Gasteiger partial charge in [-0.3, -0.25) is 0 Å². The van der Waals surface area contributed by atoms with Gasteiger partial charge in [0, 0.05) is 6.54 Å². The molecule has 0 aliphatic carbocycles. The zero-order valence-corrected chi connectivity index (χ0v) is 9.47. The highest BCUT2D eigenvalue weighted by molar-refractivity contribution is 5.45. The van der Waals surface area contributed by atoms with E-state index in [9.17, 15) is 0 Å². The SMILES string of the molecule is CN(C)CC1OC1c1ccc2c(c1)OCO2. The molecule has 2 aliphatic heterocycles. The molecule has 0 radical (unpaired) electrons. The van der Waals surface area contributed by atoms with Crippen molar-refractivity contribution in [1.29, 1.82) is 0 Å². The van der Waals surface area contributed by atoms with Crippen molar-refractivity contribution in [3.63, 3.8) is 0 Å². The number of fused-ring (bicyclic) bond motifs is 1. The van der Waals surface area contributed by atoms with Crippen LogP contribution in [0.2, 0.25) is 0 Å². The molecule has 0 saturated carbocycles. The lowest BCUT2D eigenvalue weighted by atomic mass is 10.1. The molecular formula is C12H15NO3. The van der Waals surface area contributed by atoms with E-state index < -0.39 is 0 Å². The minimum absolute atomic E-state index is 0.219. The van der Waals surface area contributed by atoms with E-state index in [1.165, 1.54) is 5.56 Å². The highest BCUT2D eigenvalue weighted by Gasteiger charge is 2.40. The summed E-state index contributed by atoms with van der Waals surface area (Å²) in [6.45, 7) is 1.28. The maximum Gasteiger partial charge on any atom is 0.231 e. The third-order valence-electron chi connectivity index (χ3n) is 2.85. The molecule has 0 aromatic heterocycles. The second kappa shape index (κ2) is 3.64. The minimum atomic E-state index is 0.219. The van der Waals surface area contributed by atoms with Crippen LogP contribution in [0.1, 0.15) is 11.7 Å². The monoisotopic (exact) mass is 221 g/mol. The highest BCUT2D eigenvalue weighted by atomic mass is 16.7. The maximum atomic E-state index is 5.64. The first kappa shape index (κ1) is 9.93. The van der Waals surface area contributed by atoms with Crippen molar-refractivity contribution >= 4 is 0 Å². The summed E-state index contributed by atoms with van der Waals surface area (Å²) < 4.78 is 16.3. The Morgan fingerprint density at radius 1 is 1.25 bits per heavy atom. The standard InChI is InChI=1S/C12H15NO3/c1-13(2)6-11-12(16-11)8-3-4-9-10(5-8)15-7-14-9/h3-5,11-12H,6-7H2,1-2H3. The van der Waals surface area contributed by atoms with Crippen LogP contribution in [0, 0.1) is 0 Å². The lowest BCUT2D eigenvalue weighted by Crippen LogP contribution is -2.18. The fourth-order valence-corrected chi connectivity index (χ4v) is 2.02. The Kier molecular flexibility index (Phi) is 2.26. The second-order valence-electron chi connectivity index (χ2n) is 4.47. The molecule has 2 unspecified atom stereocenters. The molecule has 0 spiro atoms. The molecule has 1 saturated heterocycles. The predicted octanol–water partition coefficient (Wildman–Crippen LogP) is 1.42. The summed E-state index contributed by atoms with van der Waals surface area (Å²) in [4.78, 5) is 2.14. The van der Waals surface area contributed by atoms with Gasteiger partial charge in [0.2, 0.25) is 6.79 Å². The molecule has 16 heavy (non-hydrogen) atoms. The minimum Gasteiger partial charge on any atom is -0.454 e. The van der Waals surface area contributed by atoms with Crippen molar-refractivity contribution in [2.45, 2.75) is 12.2 Å². The van der Waals surface area contributed by atoms with Crippen LogP contribution < -0.4 is 9.47 Å². The van der Waals surface area contributed by atoms with Crippen molar-refractivity contribution in [3.05, 3.63) is 23.8 Å². The molecule has 4 heteroatoms. The van der Waals surface area contributed by atoms with Crippen molar-refractivity contribution in [1.82, 2.24) is 4.90 Å². The largest absolute Gasteiger partial charge is 0.454 e. The Labute approximate surface area is 94.7 Å². The van der Waals surface area contributed by atoms with Gasteiger partial charge in [-0.2, -0.15) is 0 Å². The van der Waals surface area contributed by atoms with Gasteiger partial charge in [0.15, 0.2) is 11.5 Å². The third-order valence-corrected chi connectivity index (χ3v) is 2.85. The number of hydrogen-bond donors (Lipinski definition) is 0. The fraction of sp³-hybridized carbons (Fsp3) is 0.500. The number of likely N-dealkylation sites (N-methyl/N-ethyl adjacent to an activating group) is 1. The highest BCUT2D eigenvalue weighted by Crippen LogP contribution is 2.43. The summed E-state index contributed by atoms with van der Waals surface area (Å²) in [7, 11) is 4.11. The number of ether oxygens (including phenoxy) is 3. The normalized spacial score (nSPS) is 26.2. The van der Waals surface area contributed by atoms with Gasteiger partial charge in [0.05, 0.1) is 0 Å². The molecule has 3 rings (SSSR count). The third kappa shape index (κ3) is 1.74. The molecule has 1 fully saturated rings. The molecule has 1 aromatic carbocycles. The predicted molar refractivity (Wildman–Crippen MR) is 58.7 cm³/mol. The van der Waals surface area contributed by atoms with Crippen molar-refractivity contribution in [2.24, 2.45) is 0 Å². The average Bonchev–Trinajstić information content (AvgIpc) is 2.84. The first-order chi connectivity index (χ1) is 7.74. The summed E-state index contributed by atoms with van der Waals surface area (Å²) in [6.07, 6.45) is 0.535. The molecule has 2 aliphatic rings. The quantitative estimate of drug-likeness (QED) is 0.723. The van der Waals surface area contributed by atoms with E-state index in [0.717, 1.165) is 18.0 Å². The smallest absolute Gasteiger partial charge is 0.231 e. The van der Waals surface area contributed by atoms with E-state index in [4.69, 9.17) is 14.2 Å². The zero-order valence-electron chi connectivity index (χ0n) is 9.47. The summed E-state index contributed by atoms with van der Waals surface area (Å²) in [5.74, 6) is 1.66. The van der Waals surface area contributed by atoms with Crippen LogP contribution in [0.15, 0.2) is 18.2 Å². The number of nitrogens with zero attached hydrogens (tertiary/aromatic N) is 1. The Balaban J connectivity index is 1.72. The van der Waals surface area contributed by atoms with E-state index in [0.29, 0.717) is 12.9 Å². The van der Waals surface area contributed by atoms with Crippen LogP contribution >= 0.6 is 0 Å². The fourth-order valence-electron chi connectivity index (χ4n) is 2.02. The summed E-state index contributed by atoms with van der Waals surface area (Å²) in [5.41, 5.74) is 1.18. The second-order valence-corrected chi connectivity index (χ2v) is 4.47. The Bertz CT molecular complexity index is 405. The van der Waals surface area contributed by atoms with Crippen LogP contribution in [-0.2, 0) is 4.74 Å². The Hall–Kier alpha value is -1.26. The maximum absolute atomic E-state index is 5.64. The van der Waals surface area contributed by atoms with Crippen LogP contribution in [0.5, 0.6) is 11.5 Å². The van der Waals surface area contributed by atoms with Crippen LogP contribution in [-0.4, -0.2) is 38.4 Å². The molecule has 2 heterocycles. The van der Waals surface area contributed by atoms with Crippen molar-refractivity contribution in [3.8, 4) is 11.5 Å². The summed E-state index contributed by atoms with van der Waals surface area (Å²) >= 11 is 0. The van der Waals surface area contributed by atoms with Crippen LogP contribution in [0.3, 0.4) is 0 Å². The van der Waals surface area contributed by atoms with Gasteiger partial charge in [-0.25, -0.2) is 0 Å².